The number of amides is 1. The van der Waals surface area contributed by atoms with E-state index in [1.165, 1.54) is 34.9 Å². The highest BCUT2D eigenvalue weighted by Gasteiger charge is 2.29. The van der Waals surface area contributed by atoms with Gasteiger partial charge < -0.3 is 4.90 Å². The van der Waals surface area contributed by atoms with E-state index in [1.54, 1.807) is 12.1 Å². The molecule has 1 heterocycles. The molecule has 1 aromatic rings. The Balaban J connectivity index is 2.24. The van der Waals surface area contributed by atoms with Crippen molar-refractivity contribution >= 4 is 29.1 Å². The smallest absolute Gasteiger partial charge is 0.269 e. The number of rotatable bonds is 4. The molecule has 1 aliphatic rings. The second kappa shape index (κ2) is 6.54. The molecule has 0 radical (unpaired) electrons. The van der Waals surface area contributed by atoms with Crippen molar-refractivity contribution in [1.29, 1.82) is 0 Å². The van der Waals surface area contributed by atoms with Crippen molar-refractivity contribution in [3.63, 3.8) is 0 Å². The third-order valence-electron chi connectivity index (χ3n) is 3.37. The van der Waals surface area contributed by atoms with Gasteiger partial charge in [0, 0.05) is 23.6 Å². The predicted octanol–water partition coefficient (Wildman–Crippen LogP) is 3.13. The number of nitro groups is 1. The topological polar surface area (TPSA) is 80.5 Å². The van der Waals surface area contributed by atoms with E-state index in [0.29, 0.717) is 10.6 Å². The third kappa shape index (κ3) is 4.19. The fourth-order valence-corrected chi connectivity index (χ4v) is 2.92. The number of hydrogen-bond acceptors (Lipinski definition) is 5. The summed E-state index contributed by atoms with van der Waals surface area (Å²) in [6.07, 6.45) is 1.49. The van der Waals surface area contributed by atoms with Crippen LogP contribution in [0.4, 0.5) is 5.69 Å². The lowest BCUT2D eigenvalue weighted by Crippen LogP contribution is -2.25. The highest BCUT2D eigenvalue weighted by molar-refractivity contribution is 8.04. The van der Waals surface area contributed by atoms with Crippen molar-refractivity contribution in [2.75, 3.05) is 5.75 Å². The standard InChI is InChI=1S/C16H18N2O4S/c1-16(2,3)13(19)8-15-17(14(20)10-23-15)9-11-5-4-6-12(7-11)18(21)22/h4-8H,9-10H2,1-3H3/b15-8-. The van der Waals surface area contributed by atoms with Crippen LogP contribution in [0.5, 0.6) is 0 Å². The summed E-state index contributed by atoms with van der Waals surface area (Å²) in [5, 5.41) is 11.4. The number of nitrogens with zero attached hydrogens (tertiary/aromatic N) is 2. The molecular formula is C16H18N2O4S. The molecule has 1 fully saturated rings. The maximum atomic E-state index is 12.2. The summed E-state index contributed by atoms with van der Waals surface area (Å²) in [6, 6.07) is 6.17. The van der Waals surface area contributed by atoms with Crippen molar-refractivity contribution in [3.8, 4) is 0 Å². The first kappa shape index (κ1) is 17.2. The molecule has 1 aliphatic heterocycles. The first-order valence-corrected chi connectivity index (χ1v) is 8.09. The van der Waals surface area contributed by atoms with Gasteiger partial charge in [-0.15, -0.1) is 0 Å². The molecule has 0 atom stereocenters. The Morgan fingerprint density at radius 1 is 1.43 bits per heavy atom. The SMILES string of the molecule is CC(C)(C)C(=O)/C=C1\SCC(=O)N1Cc1cccc([N+](=O)[O-])c1. The second-order valence-corrected chi connectivity index (χ2v) is 7.29. The Hall–Kier alpha value is -2.15. The maximum absolute atomic E-state index is 12.2. The summed E-state index contributed by atoms with van der Waals surface area (Å²) in [5.41, 5.74) is 0.124. The minimum absolute atomic E-state index is 0.0157. The molecular weight excluding hydrogens is 316 g/mol. The molecule has 0 N–H and O–H groups in total. The molecule has 122 valence electrons. The summed E-state index contributed by atoms with van der Waals surface area (Å²) in [4.78, 5) is 36.1. The van der Waals surface area contributed by atoms with Gasteiger partial charge >= 0.3 is 0 Å². The van der Waals surface area contributed by atoms with Gasteiger partial charge in [-0.1, -0.05) is 44.7 Å². The number of carbonyl (C=O) groups excluding carboxylic acids is 2. The average molecular weight is 334 g/mol. The minimum atomic E-state index is -0.517. The van der Waals surface area contributed by atoms with Gasteiger partial charge in [0.05, 0.1) is 22.2 Å². The Labute approximate surface area is 138 Å². The Morgan fingerprint density at radius 2 is 2.13 bits per heavy atom. The zero-order chi connectivity index (χ0) is 17.2. The van der Waals surface area contributed by atoms with E-state index in [-0.39, 0.29) is 29.7 Å². The summed E-state index contributed by atoms with van der Waals surface area (Å²) in [7, 11) is 0. The molecule has 23 heavy (non-hydrogen) atoms. The highest BCUT2D eigenvalue weighted by Crippen LogP contribution is 2.32. The van der Waals surface area contributed by atoms with Gasteiger partial charge in [0.2, 0.25) is 5.91 Å². The van der Waals surface area contributed by atoms with Crippen LogP contribution in [0.2, 0.25) is 0 Å². The van der Waals surface area contributed by atoms with E-state index >= 15 is 0 Å². The van der Waals surface area contributed by atoms with Crippen LogP contribution in [0.15, 0.2) is 35.4 Å². The fourth-order valence-electron chi connectivity index (χ4n) is 1.98. The summed E-state index contributed by atoms with van der Waals surface area (Å²) in [5.74, 6) is 0.117. The largest absolute Gasteiger partial charge is 0.301 e. The number of hydrogen-bond donors (Lipinski definition) is 0. The molecule has 1 aromatic carbocycles. The number of non-ortho nitro benzene ring substituents is 1. The van der Waals surface area contributed by atoms with E-state index in [1.807, 2.05) is 20.8 Å². The molecule has 1 amide bonds. The van der Waals surface area contributed by atoms with Gasteiger partial charge in [-0.2, -0.15) is 0 Å². The lowest BCUT2D eigenvalue weighted by molar-refractivity contribution is -0.384. The normalized spacial score (nSPS) is 16.9. The first-order valence-electron chi connectivity index (χ1n) is 7.11. The average Bonchev–Trinajstić information content (AvgIpc) is 2.79. The van der Waals surface area contributed by atoms with E-state index < -0.39 is 10.3 Å². The van der Waals surface area contributed by atoms with Gasteiger partial charge in [-0.3, -0.25) is 19.7 Å². The Bertz CT molecular complexity index is 692. The van der Waals surface area contributed by atoms with Crippen LogP contribution in [0.1, 0.15) is 26.3 Å². The Morgan fingerprint density at radius 3 is 2.74 bits per heavy atom. The molecule has 0 unspecified atom stereocenters. The van der Waals surface area contributed by atoms with Crippen molar-refractivity contribution in [1.82, 2.24) is 4.90 Å². The van der Waals surface area contributed by atoms with Crippen molar-refractivity contribution < 1.29 is 14.5 Å². The van der Waals surface area contributed by atoms with E-state index in [0.717, 1.165) is 0 Å². The van der Waals surface area contributed by atoms with Crippen LogP contribution >= 0.6 is 11.8 Å². The molecule has 7 heteroatoms. The zero-order valence-electron chi connectivity index (χ0n) is 13.2. The number of nitro benzene ring substituents is 1. The summed E-state index contributed by atoms with van der Waals surface area (Å²) < 4.78 is 0. The first-order chi connectivity index (χ1) is 10.7. The van der Waals surface area contributed by atoms with Gasteiger partial charge in [0.15, 0.2) is 5.78 Å². The van der Waals surface area contributed by atoms with Crippen molar-refractivity contribution in [2.24, 2.45) is 5.41 Å². The Kier molecular flexibility index (Phi) is 4.89. The van der Waals surface area contributed by atoms with Crippen LogP contribution in [-0.4, -0.2) is 27.3 Å². The van der Waals surface area contributed by atoms with Gasteiger partial charge in [0.25, 0.3) is 5.69 Å². The quantitative estimate of drug-likeness (QED) is 0.480. The molecule has 1 saturated heterocycles. The number of ketones is 1. The van der Waals surface area contributed by atoms with Crippen LogP contribution in [0.3, 0.4) is 0 Å². The fraction of sp³-hybridized carbons (Fsp3) is 0.375. The molecule has 0 saturated carbocycles. The van der Waals surface area contributed by atoms with Crippen LogP contribution in [0.25, 0.3) is 0 Å². The van der Waals surface area contributed by atoms with E-state index in [2.05, 4.69) is 0 Å². The van der Waals surface area contributed by atoms with E-state index in [4.69, 9.17) is 0 Å². The maximum Gasteiger partial charge on any atom is 0.269 e. The molecule has 0 aliphatic carbocycles. The van der Waals surface area contributed by atoms with Crippen LogP contribution in [0, 0.1) is 15.5 Å². The monoisotopic (exact) mass is 334 g/mol. The number of carbonyl (C=O) groups is 2. The lowest BCUT2D eigenvalue weighted by Gasteiger charge is -2.19. The molecule has 0 aromatic heterocycles. The number of allylic oxidation sites excluding steroid dienone is 1. The van der Waals surface area contributed by atoms with E-state index in [9.17, 15) is 19.7 Å². The molecule has 0 spiro atoms. The molecule has 2 rings (SSSR count). The number of benzene rings is 1. The number of thioether (sulfide) groups is 1. The van der Waals surface area contributed by atoms with Gasteiger partial charge in [0.1, 0.15) is 0 Å². The van der Waals surface area contributed by atoms with Gasteiger partial charge in [-0.05, 0) is 5.56 Å². The lowest BCUT2D eigenvalue weighted by atomic mass is 9.91. The summed E-state index contributed by atoms with van der Waals surface area (Å²) >= 11 is 1.32. The van der Waals surface area contributed by atoms with Crippen LogP contribution in [-0.2, 0) is 16.1 Å². The third-order valence-corrected chi connectivity index (χ3v) is 4.39. The van der Waals surface area contributed by atoms with Crippen molar-refractivity contribution in [2.45, 2.75) is 27.3 Å². The zero-order valence-corrected chi connectivity index (χ0v) is 14.1. The molecule has 0 bridgehead atoms. The van der Waals surface area contributed by atoms with Gasteiger partial charge in [-0.25, -0.2) is 0 Å². The highest BCUT2D eigenvalue weighted by atomic mass is 32.2. The second-order valence-electron chi connectivity index (χ2n) is 6.29. The van der Waals surface area contributed by atoms with Crippen LogP contribution < -0.4 is 0 Å². The van der Waals surface area contributed by atoms with Crippen molar-refractivity contribution in [3.05, 3.63) is 51.0 Å². The molecule has 6 nitrogen and oxygen atoms in total. The predicted molar refractivity (Wildman–Crippen MR) is 88.6 cm³/mol. The minimum Gasteiger partial charge on any atom is -0.301 e. The summed E-state index contributed by atoms with van der Waals surface area (Å²) in [6.45, 7) is 5.67.